The summed E-state index contributed by atoms with van der Waals surface area (Å²) in [6.07, 6.45) is 1.89. The third kappa shape index (κ3) is 2.62. The summed E-state index contributed by atoms with van der Waals surface area (Å²) in [6, 6.07) is 1.77. The second-order valence-corrected chi connectivity index (χ2v) is 3.95. The molecule has 0 radical (unpaired) electrons. The van der Waals surface area contributed by atoms with E-state index < -0.39 is 0 Å². The highest BCUT2D eigenvalue weighted by molar-refractivity contribution is 5.47. The second-order valence-electron chi connectivity index (χ2n) is 3.95. The first-order chi connectivity index (χ1) is 6.50. The van der Waals surface area contributed by atoms with E-state index in [9.17, 15) is 0 Å². The Morgan fingerprint density at radius 1 is 1.36 bits per heavy atom. The first-order valence-electron chi connectivity index (χ1n) is 4.89. The minimum Gasteiger partial charge on any atom is -0.474 e. The van der Waals surface area contributed by atoms with E-state index in [0.29, 0.717) is 11.8 Å². The molecule has 0 bridgehead atoms. The Balaban J connectivity index is 2.73. The van der Waals surface area contributed by atoms with Gasteiger partial charge in [-0.1, -0.05) is 13.8 Å². The molecule has 0 spiro atoms. The number of rotatable bonds is 3. The van der Waals surface area contributed by atoms with Gasteiger partial charge in [0.15, 0.2) is 0 Å². The number of hydrogen-bond donors (Lipinski definition) is 1. The van der Waals surface area contributed by atoms with Crippen LogP contribution >= 0.6 is 0 Å². The fraction of sp³-hybridized carbons (Fsp3) is 0.545. The maximum Gasteiger partial charge on any atom is 0.215 e. The molecule has 0 saturated heterocycles. The predicted octanol–water partition coefficient (Wildman–Crippen LogP) is 2.40. The van der Waals surface area contributed by atoms with E-state index in [4.69, 9.17) is 10.5 Å². The van der Waals surface area contributed by atoms with E-state index in [1.807, 2.05) is 13.8 Å². The van der Waals surface area contributed by atoms with E-state index in [-0.39, 0.29) is 6.10 Å². The van der Waals surface area contributed by atoms with Crippen molar-refractivity contribution in [2.45, 2.75) is 33.8 Å². The summed E-state index contributed by atoms with van der Waals surface area (Å²) in [5, 5.41) is 0. The lowest BCUT2D eigenvalue weighted by Crippen LogP contribution is -2.19. The highest BCUT2D eigenvalue weighted by Crippen LogP contribution is 2.18. The SMILES string of the molecule is Cc1cnc(OC(C)C(C)C)cc1N. The maximum atomic E-state index is 5.75. The van der Waals surface area contributed by atoms with Crippen molar-refractivity contribution in [1.29, 1.82) is 0 Å². The molecule has 0 aliphatic rings. The topological polar surface area (TPSA) is 48.1 Å². The first-order valence-corrected chi connectivity index (χ1v) is 4.89. The van der Waals surface area contributed by atoms with Gasteiger partial charge in [-0.05, 0) is 25.3 Å². The van der Waals surface area contributed by atoms with Gasteiger partial charge in [-0.25, -0.2) is 4.98 Å². The fourth-order valence-corrected chi connectivity index (χ4v) is 0.910. The van der Waals surface area contributed by atoms with Crippen LogP contribution in [0.15, 0.2) is 12.3 Å². The van der Waals surface area contributed by atoms with Crippen LogP contribution in [-0.4, -0.2) is 11.1 Å². The van der Waals surface area contributed by atoms with Gasteiger partial charge in [0.25, 0.3) is 0 Å². The summed E-state index contributed by atoms with van der Waals surface area (Å²) in [6.45, 7) is 8.19. The number of nitrogen functional groups attached to an aromatic ring is 1. The Hall–Kier alpha value is -1.25. The Morgan fingerprint density at radius 3 is 2.50 bits per heavy atom. The van der Waals surface area contributed by atoms with Crippen LogP contribution in [0.4, 0.5) is 5.69 Å². The van der Waals surface area contributed by atoms with Gasteiger partial charge in [-0.2, -0.15) is 0 Å². The molecule has 3 heteroatoms. The van der Waals surface area contributed by atoms with Crippen LogP contribution in [0.2, 0.25) is 0 Å². The average molecular weight is 194 g/mol. The standard InChI is InChI=1S/C11H18N2O/c1-7(2)9(4)14-11-5-10(12)8(3)6-13-11/h5-7,9H,1-4H3,(H2,12,13). The van der Waals surface area contributed by atoms with E-state index >= 15 is 0 Å². The molecule has 0 aliphatic heterocycles. The summed E-state index contributed by atoms with van der Waals surface area (Å²) in [7, 11) is 0. The molecule has 14 heavy (non-hydrogen) atoms. The van der Waals surface area contributed by atoms with E-state index in [1.54, 1.807) is 12.3 Å². The predicted molar refractivity (Wildman–Crippen MR) is 58.3 cm³/mol. The monoisotopic (exact) mass is 194 g/mol. The Labute approximate surface area is 85.3 Å². The molecule has 0 aromatic carbocycles. The smallest absolute Gasteiger partial charge is 0.215 e. The van der Waals surface area contributed by atoms with Gasteiger partial charge in [-0.3, -0.25) is 0 Å². The molecule has 0 fully saturated rings. The maximum absolute atomic E-state index is 5.75. The summed E-state index contributed by atoms with van der Waals surface area (Å²) >= 11 is 0. The van der Waals surface area contributed by atoms with Gasteiger partial charge in [-0.15, -0.1) is 0 Å². The van der Waals surface area contributed by atoms with Crippen molar-refractivity contribution in [3.63, 3.8) is 0 Å². The van der Waals surface area contributed by atoms with Crippen molar-refractivity contribution in [1.82, 2.24) is 4.98 Å². The lowest BCUT2D eigenvalue weighted by atomic mass is 10.1. The molecule has 1 unspecified atom stereocenters. The summed E-state index contributed by atoms with van der Waals surface area (Å²) in [5.41, 5.74) is 7.46. The summed E-state index contributed by atoms with van der Waals surface area (Å²) < 4.78 is 5.62. The highest BCUT2D eigenvalue weighted by Gasteiger charge is 2.09. The van der Waals surface area contributed by atoms with Crippen LogP contribution in [0.25, 0.3) is 0 Å². The van der Waals surface area contributed by atoms with E-state index in [1.165, 1.54) is 0 Å². The molecule has 2 N–H and O–H groups in total. The van der Waals surface area contributed by atoms with Gasteiger partial charge >= 0.3 is 0 Å². The number of ether oxygens (including phenoxy) is 1. The summed E-state index contributed by atoms with van der Waals surface area (Å²) in [4.78, 5) is 4.16. The number of nitrogens with two attached hydrogens (primary N) is 1. The van der Waals surface area contributed by atoms with Gasteiger partial charge in [0, 0.05) is 18.0 Å². The largest absolute Gasteiger partial charge is 0.474 e. The van der Waals surface area contributed by atoms with Crippen molar-refractivity contribution >= 4 is 5.69 Å². The zero-order chi connectivity index (χ0) is 10.7. The normalized spacial score (nSPS) is 12.9. The molecule has 0 amide bonds. The van der Waals surface area contributed by atoms with Gasteiger partial charge < -0.3 is 10.5 Å². The van der Waals surface area contributed by atoms with E-state index in [2.05, 4.69) is 18.8 Å². The van der Waals surface area contributed by atoms with Crippen molar-refractivity contribution in [2.75, 3.05) is 5.73 Å². The molecule has 0 aliphatic carbocycles. The second kappa shape index (κ2) is 4.31. The molecular weight excluding hydrogens is 176 g/mol. The molecular formula is C11H18N2O. The van der Waals surface area contributed by atoms with Crippen LogP contribution in [0.1, 0.15) is 26.3 Å². The molecule has 1 rings (SSSR count). The fourth-order valence-electron chi connectivity index (χ4n) is 0.910. The van der Waals surface area contributed by atoms with Crippen LogP contribution in [0, 0.1) is 12.8 Å². The number of hydrogen-bond acceptors (Lipinski definition) is 3. The minimum absolute atomic E-state index is 0.157. The number of anilines is 1. The molecule has 1 aromatic heterocycles. The van der Waals surface area contributed by atoms with Gasteiger partial charge in [0.05, 0.1) is 6.10 Å². The number of aryl methyl sites for hydroxylation is 1. The van der Waals surface area contributed by atoms with Gasteiger partial charge in [0.1, 0.15) is 0 Å². The number of pyridine rings is 1. The average Bonchev–Trinajstić information content (AvgIpc) is 2.11. The molecule has 1 aromatic rings. The van der Waals surface area contributed by atoms with Crippen LogP contribution in [-0.2, 0) is 0 Å². The Kier molecular flexibility index (Phi) is 3.33. The highest BCUT2D eigenvalue weighted by atomic mass is 16.5. The van der Waals surface area contributed by atoms with Crippen LogP contribution in [0.5, 0.6) is 5.88 Å². The molecule has 3 nitrogen and oxygen atoms in total. The lowest BCUT2D eigenvalue weighted by molar-refractivity contribution is 0.163. The van der Waals surface area contributed by atoms with E-state index in [0.717, 1.165) is 11.3 Å². The van der Waals surface area contributed by atoms with Crippen molar-refractivity contribution < 1.29 is 4.74 Å². The number of nitrogens with zero attached hydrogens (tertiary/aromatic N) is 1. The third-order valence-corrected chi connectivity index (χ3v) is 2.37. The quantitative estimate of drug-likeness (QED) is 0.803. The molecule has 1 atom stereocenters. The third-order valence-electron chi connectivity index (χ3n) is 2.37. The lowest BCUT2D eigenvalue weighted by Gasteiger charge is -2.17. The van der Waals surface area contributed by atoms with Crippen molar-refractivity contribution in [2.24, 2.45) is 5.92 Å². The zero-order valence-electron chi connectivity index (χ0n) is 9.24. The van der Waals surface area contributed by atoms with Crippen molar-refractivity contribution in [3.8, 4) is 5.88 Å². The molecule has 0 saturated carbocycles. The number of aromatic nitrogens is 1. The Morgan fingerprint density at radius 2 is 2.00 bits per heavy atom. The molecule has 78 valence electrons. The Bertz CT molecular complexity index is 310. The van der Waals surface area contributed by atoms with Crippen molar-refractivity contribution in [3.05, 3.63) is 17.8 Å². The van der Waals surface area contributed by atoms with Crippen LogP contribution in [0.3, 0.4) is 0 Å². The summed E-state index contributed by atoms with van der Waals surface area (Å²) in [5.74, 6) is 1.08. The molecule has 1 heterocycles. The zero-order valence-corrected chi connectivity index (χ0v) is 9.24. The van der Waals surface area contributed by atoms with Crippen LogP contribution < -0.4 is 10.5 Å². The minimum atomic E-state index is 0.157. The van der Waals surface area contributed by atoms with Gasteiger partial charge in [0.2, 0.25) is 5.88 Å². The first kappa shape index (κ1) is 10.8.